The topological polar surface area (TPSA) is 32.3 Å². The van der Waals surface area contributed by atoms with Crippen molar-refractivity contribution in [1.29, 1.82) is 0 Å². The van der Waals surface area contributed by atoms with Gasteiger partial charge < -0.3 is 4.90 Å². The number of benzene rings is 3. The van der Waals surface area contributed by atoms with E-state index >= 15 is 0 Å². The van der Waals surface area contributed by atoms with Crippen molar-refractivity contribution in [3.63, 3.8) is 0 Å². The van der Waals surface area contributed by atoms with Crippen LogP contribution in [0.25, 0.3) is 22.5 Å². The molecule has 0 aliphatic carbocycles. The predicted octanol–water partition coefficient (Wildman–Crippen LogP) is 9.64. The molecule has 0 bridgehead atoms. The molecule has 1 aliphatic heterocycles. The maximum Gasteiger partial charge on any atom is 0.0705 e. The van der Waals surface area contributed by atoms with E-state index in [1.165, 1.54) is 66.9 Å². The van der Waals surface area contributed by atoms with Crippen molar-refractivity contribution >= 4 is 5.69 Å². The molecular formula is C42H48N4. The number of rotatable bonds is 8. The van der Waals surface area contributed by atoms with Gasteiger partial charge in [-0.2, -0.15) is 0 Å². The summed E-state index contributed by atoms with van der Waals surface area (Å²) in [5, 5.41) is 0. The third kappa shape index (κ3) is 7.08. The Morgan fingerprint density at radius 2 is 1.28 bits per heavy atom. The lowest BCUT2D eigenvalue weighted by Gasteiger charge is -2.40. The molecule has 1 aliphatic rings. The van der Waals surface area contributed by atoms with Crippen LogP contribution >= 0.6 is 0 Å². The number of anilines is 1. The quantitative estimate of drug-likeness (QED) is 0.176. The summed E-state index contributed by atoms with van der Waals surface area (Å²) in [6.45, 7) is 19.3. The Labute approximate surface area is 276 Å². The second-order valence-corrected chi connectivity index (χ2v) is 13.5. The highest BCUT2D eigenvalue weighted by Gasteiger charge is 2.26. The van der Waals surface area contributed by atoms with Crippen LogP contribution in [0.2, 0.25) is 0 Å². The molecule has 0 spiro atoms. The summed E-state index contributed by atoms with van der Waals surface area (Å²) in [6.07, 6.45) is 6.32. The molecule has 1 saturated heterocycles. The molecule has 46 heavy (non-hydrogen) atoms. The van der Waals surface area contributed by atoms with Crippen molar-refractivity contribution in [3.8, 4) is 22.5 Å². The van der Waals surface area contributed by atoms with Crippen LogP contribution in [0.1, 0.15) is 62.9 Å². The Hall–Kier alpha value is -4.28. The highest BCUT2D eigenvalue weighted by atomic mass is 15.2. The maximum atomic E-state index is 4.93. The van der Waals surface area contributed by atoms with Crippen LogP contribution in [0.4, 0.5) is 5.69 Å². The first-order chi connectivity index (χ1) is 22.1. The van der Waals surface area contributed by atoms with Crippen molar-refractivity contribution in [2.24, 2.45) is 0 Å². The molecule has 236 valence electrons. The average Bonchev–Trinajstić information content (AvgIpc) is 3.05. The van der Waals surface area contributed by atoms with Crippen molar-refractivity contribution in [1.82, 2.24) is 14.9 Å². The summed E-state index contributed by atoms with van der Waals surface area (Å²) in [5.74, 6) is 0. The molecule has 0 radical (unpaired) electrons. The second-order valence-electron chi connectivity index (χ2n) is 13.5. The van der Waals surface area contributed by atoms with E-state index in [1.54, 1.807) is 0 Å². The molecule has 4 heteroatoms. The second kappa shape index (κ2) is 13.6. The fourth-order valence-corrected chi connectivity index (χ4v) is 6.87. The van der Waals surface area contributed by atoms with Gasteiger partial charge in [-0.3, -0.25) is 14.9 Å². The van der Waals surface area contributed by atoms with Crippen molar-refractivity contribution in [2.45, 2.75) is 80.4 Å². The molecular weight excluding hydrogens is 560 g/mol. The third-order valence-corrected chi connectivity index (χ3v) is 10.2. The molecule has 5 aromatic rings. The van der Waals surface area contributed by atoms with E-state index in [0.29, 0.717) is 6.04 Å². The predicted molar refractivity (Wildman–Crippen MR) is 193 cm³/mol. The first-order valence-corrected chi connectivity index (χ1v) is 16.8. The highest BCUT2D eigenvalue weighted by Crippen LogP contribution is 2.30. The van der Waals surface area contributed by atoms with E-state index in [4.69, 9.17) is 9.97 Å². The lowest BCUT2D eigenvalue weighted by atomic mass is 9.98. The zero-order valence-electron chi connectivity index (χ0n) is 28.7. The smallest absolute Gasteiger partial charge is 0.0705 e. The molecule has 0 unspecified atom stereocenters. The number of likely N-dealkylation sites (tertiary alicyclic amines) is 1. The van der Waals surface area contributed by atoms with Gasteiger partial charge in [0.1, 0.15) is 0 Å². The van der Waals surface area contributed by atoms with Gasteiger partial charge in [-0.25, -0.2) is 0 Å². The molecule has 3 heterocycles. The molecule has 0 amide bonds. The van der Waals surface area contributed by atoms with Gasteiger partial charge in [0.15, 0.2) is 0 Å². The lowest BCUT2D eigenvalue weighted by Crippen LogP contribution is -2.44. The monoisotopic (exact) mass is 608 g/mol. The van der Waals surface area contributed by atoms with E-state index in [1.807, 2.05) is 6.20 Å². The van der Waals surface area contributed by atoms with Gasteiger partial charge in [-0.05, 0) is 166 Å². The Morgan fingerprint density at radius 1 is 0.652 bits per heavy atom. The Kier molecular flexibility index (Phi) is 9.37. The lowest BCUT2D eigenvalue weighted by molar-refractivity contribution is 0.201. The van der Waals surface area contributed by atoms with E-state index < -0.39 is 0 Å². The van der Waals surface area contributed by atoms with Crippen LogP contribution in [-0.2, 0) is 13.1 Å². The number of aromatic nitrogens is 2. The third-order valence-electron chi connectivity index (χ3n) is 10.2. The Balaban J connectivity index is 1.15. The van der Waals surface area contributed by atoms with Gasteiger partial charge >= 0.3 is 0 Å². The molecule has 3 aromatic carbocycles. The van der Waals surface area contributed by atoms with Gasteiger partial charge in [-0.15, -0.1) is 0 Å². The summed E-state index contributed by atoms with van der Waals surface area (Å²) in [6, 6.07) is 27.4. The SMILES string of the molecule is Cc1cccc(N(Cc2ccc(-c3cc(C)c(C)c(C)c3)nc2)C2CCN(Cc3ccnc(-c4cc(C)c(C)c(C)c4)c3)CC2)c1. The minimum atomic E-state index is 0.478. The average molecular weight is 609 g/mol. The molecule has 0 N–H and O–H groups in total. The van der Waals surface area contributed by atoms with Gasteiger partial charge in [0, 0.05) is 61.4 Å². The van der Waals surface area contributed by atoms with Crippen LogP contribution in [-0.4, -0.2) is 34.0 Å². The van der Waals surface area contributed by atoms with Crippen LogP contribution in [0.3, 0.4) is 0 Å². The molecule has 4 nitrogen and oxygen atoms in total. The zero-order valence-corrected chi connectivity index (χ0v) is 28.7. The summed E-state index contributed by atoms with van der Waals surface area (Å²) in [7, 11) is 0. The van der Waals surface area contributed by atoms with Crippen LogP contribution < -0.4 is 4.90 Å². The normalized spacial score (nSPS) is 14.1. The minimum absolute atomic E-state index is 0.478. The summed E-state index contributed by atoms with van der Waals surface area (Å²) in [4.78, 5) is 14.9. The minimum Gasteiger partial charge on any atom is -0.364 e. The standard InChI is InChI=1S/C42H48N4/c1-28-9-8-10-40(19-28)46(27-36-11-12-41(44-25-36)37-20-29(2)33(6)30(3)21-37)39-14-17-45(18-15-39)26-35-13-16-43-42(24-35)38-22-31(4)34(7)32(5)23-38/h8-13,16,19-25,39H,14-15,17-18,26-27H2,1-7H3. The van der Waals surface area contributed by atoms with Gasteiger partial charge in [0.25, 0.3) is 0 Å². The molecule has 0 atom stereocenters. The first kappa shape index (κ1) is 31.7. The largest absolute Gasteiger partial charge is 0.364 e. The number of hydrogen-bond acceptors (Lipinski definition) is 4. The fourth-order valence-electron chi connectivity index (χ4n) is 6.87. The number of hydrogen-bond donors (Lipinski definition) is 0. The molecule has 6 rings (SSSR count). The summed E-state index contributed by atoms with van der Waals surface area (Å²) >= 11 is 0. The van der Waals surface area contributed by atoms with Crippen LogP contribution in [0, 0.1) is 48.5 Å². The molecule has 2 aromatic heterocycles. The fraction of sp³-hybridized carbons (Fsp3) is 0.333. The summed E-state index contributed by atoms with van der Waals surface area (Å²) in [5.41, 5.74) is 17.7. The van der Waals surface area contributed by atoms with E-state index in [2.05, 4.69) is 137 Å². The van der Waals surface area contributed by atoms with E-state index in [0.717, 1.165) is 50.4 Å². The Bertz CT molecular complexity index is 1780. The van der Waals surface area contributed by atoms with Crippen LogP contribution in [0.15, 0.2) is 85.2 Å². The van der Waals surface area contributed by atoms with Crippen molar-refractivity contribution < 1.29 is 0 Å². The van der Waals surface area contributed by atoms with Crippen LogP contribution in [0.5, 0.6) is 0 Å². The van der Waals surface area contributed by atoms with Gasteiger partial charge in [-0.1, -0.05) is 18.2 Å². The summed E-state index contributed by atoms with van der Waals surface area (Å²) < 4.78 is 0. The van der Waals surface area contributed by atoms with Crippen molar-refractivity contribution in [2.75, 3.05) is 18.0 Å². The van der Waals surface area contributed by atoms with E-state index in [9.17, 15) is 0 Å². The number of aryl methyl sites for hydroxylation is 5. The number of piperidine rings is 1. The number of pyridine rings is 2. The highest BCUT2D eigenvalue weighted by molar-refractivity contribution is 5.64. The molecule has 1 fully saturated rings. The number of nitrogens with zero attached hydrogens (tertiary/aromatic N) is 4. The van der Waals surface area contributed by atoms with E-state index in [-0.39, 0.29) is 0 Å². The van der Waals surface area contributed by atoms with Gasteiger partial charge in [0.2, 0.25) is 0 Å². The van der Waals surface area contributed by atoms with Gasteiger partial charge in [0.05, 0.1) is 11.4 Å². The van der Waals surface area contributed by atoms with Crippen molar-refractivity contribution in [3.05, 3.63) is 135 Å². The molecule has 0 saturated carbocycles. The maximum absolute atomic E-state index is 4.93. The zero-order chi connectivity index (χ0) is 32.4. The first-order valence-electron chi connectivity index (χ1n) is 16.8. The Morgan fingerprint density at radius 3 is 1.87 bits per heavy atom.